The van der Waals surface area contributed by atoms with E-state index in [1.54, 1.807) is 25.7 Å². The Labute approximate surface area is 210 Å². The van der Waals surface area contributed by atoms with Gasteiger partial charge in [-0.3, -0.25) is 0 Å². The van der Waals surface area contributed by atoms with Gasteiger partial charge in [0.1, 0.15) is 35.0 Å². The molecule has 0 spiro atoms. The van der Waals surface area contributed by atoms with E-state index in [1.165, 1.54) is 11.2 Å². The third-order valence-corrected chi connectivity index (χ3v) is 5.87. The molecule has 188 valence electrons. The van der Waals surface area contributed by atoms with Crippen molar-refractivity contribution in [2.45, 2.75) is 72.2 Å². The van der Waals surface area contributed by atoms with Gasteiger partial charge in [0.25, 0.3) is 0 Å². The molecule has 0 unspecified atom stereocenters. The molecule has 0 aliphatic carbocycles. The third kappa shape index (κ3) is 5.29. The van der Waals surface area contributed by atoms with Crippen molar-refractivity contribution in [3.8, 4) is 5.75 Å². The van der Waals surface area contributed by atoms with Crippen LogP contribution in [0.1, 0.15) is 64.2 Å². The molecule has 1 aromatic carbocycles. The number of anilines is 2. The van der Waals surface area contributed by atoms with Crippen LogP contribution in [-0.2, 0) is 16.1 Å². The van der Waals surface area contributed by atoms with Crippen LogP contribution in [0.3, 0.4) is 0 Å². The number of hydrogen-bond acceptors (Lipinski definition) is 7. The van der Waals surface area contributed by atoms with E-state index in [9.17, 15) is 9.59 Å². The standard InChI is InChI=1S/C25H31ClN4O5/c1-14-8-15(16-10-29(11-16)22(31)34-24(2,3)4)9-18-19(14)33-12-17-20(26)27-13-28-21(17)30(18)23(32)35-25(5,6)7/h8-9,13,16H,10-12H2,1-7H3. The number of likely N-dealkylation sites (tertiary alicyclic amines) is 1. The molecule has 1 aromatic heterocycles. The number of rotatable bonds is 1. The third-order valence-electron chi connectivity index (χ3n) is 5.54. The number of aromatic nitrogens is 2. The van der Waals surface area contributed by atoms with Gasteiger partial charge in [0, 0.05) is 19.0 Å². The molecule has 0 atom stereocenters. The van der Waals surface area contributed by atoms with Crippen LogP contribution in [0, 0.1) is 6.92 Å². The van der Waals surface area contributed by atoms with Gasteiger partial charge in [-0.1, -0.05) is 17.7 Å². The lowest BCUT2D eigenvalue weighted by Gasteiger charge is -2.40. The zero-order valence-electron chi connectivity index (χ0n) is 21.1. The first-order chi connectivity index (χ1) is 16.2. The molecule has 3 heterocycles. The van der Waals surface area contributed by atoms with Crippen molar-refractivity contribution >= 4 is 35.3 Å². The minimum Gasteiger partial charge on any atom is -0.486 e. The molecule has 35 heavy (non-hydrogen) atoms. The largest absolute Gasteiger partial charge is 0.486 e. The molecule has 0 N–H and O–H groups in total. The zero-order valence-corrected chi connectivity index (χ0v) is 21.9. The summed E-state index contributed by atoms with van der Waals surface area (Å²) in [5.74, 6) is 0.944. The summed E-state index contributed by atoms with van der Waals surface area (Å²) in [4.78, 5) is 37.3. The van der Waals surface area contributed by atoms with E-state index < -0.39 is 17.3 Å². The van der Waals surface area contributed by atoms with E-state index >= 15 is 0 Å². The highest BCUT2D eigenvalue weighted by atomic mass is 35.5. The lowest BCUT2D eigenvalue weighted by Crippen LogP contribution is -2.50. The smallest absolute Gasteiger partial charge is 0.420 e. The number of hydrogen-bond donors (Lipinski definition) is 0. The molecule has 2 aliphatic heterocycles. The number of fused-ring (bicyclic) bond motifs is 2. The minimum absolute atomic E-state index is 0.0868. The van der Waals surface area contributed by atoms with Gasteiger partial charge in [0.05, 0.1) is 11.3 Å². The summed E-state index contributed by atoms with van der Waals surface area (Å²) in [6.07, 6.45) is 0.380. The van der Waals surface area contributed by atoms with Gasteiger partial charge in [-0.15, -0.1) is 0 Å². The first-order valence-electron chi connectivity index (χ1n) is 11.5. The molecule has 10 heteroatoms. The highest BCUT2D eigenvalue weighted by molar-refractivity contribution is 6.30. The molecule has 4 rings (SSSR count). The van der Waals surface area contributed by atoms with E-state index in [4.69, 9.17) is 25.8 Å². The summed E-state index contributed by atoms with van der Waals surface area (Å²) in [5, 5.41) is 0.209. The van der Waals surface area contributed by atoms with Crippen molar-refractivity contribution in [3.63, 3.8) is 0 Å². The van der Waals surface area contributed by atoms with Crippen LogP contribution in [0.2, 0.25) is 5.15 Å². The molecule has 0 bridgehead atoms. The maximum Gasteiger partial charge on any atom is 0.420 e. The predicted octanol–water partition coefficient (Wildman–Crippen LogP) is 5.74. The van der Waals surface area contributed by atoms with Crippen LogP contribution in [0.15, 0.2) is 18.5 Å². The number of ether oxygens (including phenoxy) is 3. The average molecular weight is 503 g/mol. The van der Waals surface area contributed by atoms with Gasteiger partial charge in [0.15, 0.2) is 5.82 Å². The number of nitrogens with zero attached hydrogens (tertiary/aromatic N) is 4. The van der Waals surface area contributed by atoms with Crippen molar-refractivity contribution in [3.05, 3.63) is 40.3 Å². The Bertz CT molecular complexity index is 1170. The predicted molar refractivity (Wildman–Crippen MR) is 131 cm³/mol. The SMILES string of the molecule is Cc1cc(C2CN(C(=O)OC(C)(C)C)C2)cc2c1OCc1c(Cl)ncnc1N2C(=O)OC(C)(C)C. The summed E-state index contributed by atoms with van der Waals surface area (Å²) in [6, 6.07) is 3.92. The molecule has 2 aliphatic rings. The monoisotopic (exact) mass is 502 g/mol. The number of halogens is 1. The lowest BCUT2D eigenvalue weighted by atomic mass is 9.90. The van der Waals surface area contributed by atoms with Crippen molar-refractivity contribution < 1.29 is 23.8 Å². The zero-order chi connectivity index (χ0) is 25.7. The molecule has 9 nitrogen and oxygen atoms in total. The Morgan fingerprint density at radius 2 is 1.66 bits per heavy atom. The fourth-order valence-corrected chi connectivity index (χ4v) is 4.17. The molecule has 1 saturated heterocycles. The van der Waals surface area contributed by atoms with Gasteiger partial charge in [-0.25, -0.2) is 24.5 Å². The van der Waals surface area contributed by atoms with Crippen LogP contribution in [-0.4, -0.2) is 51.3 Å². The summed E-state index contributed by atoms with van der Waals surface area (Å²) in [7, 11) is 0. The quantitative estimate of drug-likeness (QED) is 0.459. The Hall–Kier alpha value is -3.07. The van der Waals surface area contributed by atoms with Crippen molar-refractivity contribution in [2.75, 3.05) is 18.0 Å². The highest BCUT2D eigenvalue weighted by Gasteiger charge is 2.38. The molecular weight excluding hydrogens is 472 g/mol. The fraction of sp³-hybridized carbons (Fsp3) is 0.520. The van der Waals surface area contributed by atoms with Crippen LogP contribution in [0.25, 0.3) is 0 Å². The number of carbonyl (C=O) groups is 2. The van der Waals surface area contributed by atoms with E-state index in [1.807, 2.05) is 39.8 Å². The van der Waals surface area contributed by atoms with Gasteiger partial charge >= 0.3 is 12.2 Å². The topological polar surface area (TPSA) is 94.1 Å². The van der Waals surface area contributed by atoms with Crippen molar-refractivity contribution in [2.24, 2.45) is 0 Å². The summed E-state index contributed by atoms with van der Waals surface area (Å²) >= 11 is 6.35. The summed E-state index contributed by atoms with van der Waals surface area (Å²) < 4.78 is 17.3. The second kappa shape index (κ2) is 8.86. The minimum atomic E-state index is -0.726. The van der Waals surface area contributed by atoms with Gasteiger partial charge in [0.2, 0.25) is 0 Å². The molecule has 2 aromatic rings. The molecule has 0 radical (unpaired) electrons. The van der Waals surface area contributed by atoms with E-state index in [-0.39, 0.29) is 23.8 Å². The maximum atomic E-state index is 13.4. The molecule has 2 amide bonds. The van der Waals surface area contributed by atoms with Crippen LogP contribution >= 0.6 is 11.6 Å². The Morgan fingerprint density at radius 3 is 2.29 bits per heavy atom. The highest BCUT2D eigenvalue weighted by Crippen LogP contribution is 2.45. The normalized spacial score (nSPS) is 15.9. The Morgan fingerprint density at radius 1 is 1.03 bits per heavy atom. The first-order valence-corrected chi connectivity index (χ1v) is 11.9. The van der Waals surface area contributed by atoms with E-state index in [0.29, 0.717) is 35.9 Å². The number of amides is 2. The Balaban J connectivity index is 1.71. The first kappa shape index (κ1) is 25.0. The summed E-state index contributed by atoms with van der Waals surface area (Å²) in [6.45, 7) is 14.0. The second-order valence-electron chi connectivity index (χ2n) is 10.8. The number of carbonyl (C=O) groups excluding carboxylic acids is 2. The van der Waals surface area contributed by atoms with Gasteiger partial charge in [-0.2, -0.15) is 0 Å². The van der Waals surface area contributed by atoms with E-state index in [0.717, 1.165) is 11.1 Å². The maximum absolute atomic E-state index is 13.4. The Kier molecular flexibility index (Phi) is 6.34. The average Bonchev–Trinajstić information content (AvgIpc) is 2.82. The molecule has 1 fully saturated rings. The number of aryl methyl sites for hydroxylation is 1. The van der Waals surface area contributed by atoms with Crippen LogP contribution in [0.5, 0.6) is 5.75 Å². The van der Waals surface area contributed by atoms with Crippen molar-refractivity contribution in [1.82, 2.24) is 14.9 Å². The summed E-state index contributed by atoms with van der Waals surface area (Å²) in [5.41, 5.74) is 1.55. The van der Waals surface area contributed by atoms with Crippen molar-refractivity contribution in [1.29, 1.82) is 0 Å². The van der Waals surface area contributed by atoms with Gasteiger partial charge < -0.3 is 19.1 Å². The molecular formula is C25H31ClN4O5. The second-order valence-corrected chi connectivity index (χ2v) is 11.2. The van der Waals surface area contributed by atoms with Crippen LogP contribution in [0.4, 0.5) is 21.1 Å². The van der Waals surface area contributed by atoms with Gasteiger partial charge in [-0.05, 0) is 65.7 Å². The van der Waals surface area contributed by atoms with Crippen LogP contribution < -0.4 is 9.64 Å². The molecule has 0 saturated carbocycles. The van der Waals surface area contributed by atoms with E-state index in [2.05, 4.69) is 9.97 Å². The lowest BCUT2D eigenvalue weighted by molar-refractivity contribution is 0.00818. The fourth-order valence-electron chi connectivity index (χ4n) is 3.99. The number of benzene rings is 1.